The van der Waals surface area contributed by atoms with E-state index in [0.717, 1.165) is 29.4 Å². The number of nitrogens with one attached hydrogen (secondary N) is 1. The molecule has 0 unspecified atom stereocenters. The van der Waals surface area contributed by atoms with Gasteiger partial charge in [-0.2, -0.15) is 4.98 Å². The summed E-state index contributed by atoms with van der Waals surface area (Å²) in [5, 5.41) is 3.96. The number of benzene rings is 1. The number of hydrogen-bond acceptors (Lipinski definition) is 6. The highest BCUT2D eigenvalue weighted by molar-refractivity contribution is 5.80. The lowest BCUT2D eigenvalue weighted by Crippen LogP contribution is -2.20. The molecule has 0 aliphatic heterocycles. The van der Waals surface area contributed by atoms with Gasteiger partial charge in [0.25, 0.3) is 5.89 Å². The molecular formula is C18H16N6O2. The van der Waals surface area contributed by atoms with Crippen LogP contribution in [0, 0.1) is 0 Å². The fourth-order valence-corrected chi connectivity index (χ4v) is 3.65. The summed E-state index contributed by atoms with van der Waals surface area (Å²) in [6, 6.07) is 5.99. The highest BCUT2D eigenvalue weighted by Crippen LogP contribution is 2.31. The molecule has 8 nitrogen and oxygen atoms in total. The zero-order valence-corrected chi connectivity index (χ0v) is 13.9. The monoisotopic (exact) mass is 348 g/mol. The van der Waals surface area contributed by atoms with E-state index in [4.69, 9.17) is 4.52 Å². The fraction of sp³-hybridized carbons (Fsp3) is 0.278. The maximum absolute atomic E-state index is 12.4. The van der Waals surface area contributed by atoms with Gasteiger partial charge in [0.2, 0.25) is 5.82 Å². The molecular weight excluding hydrogens is 332 g/mol. The van der Waals surface area contributed by atoms with Crippen LogP contribution in [0.25, 0.3) is 34.0 Å². The van der Waals surface area contributed by atoms with Crippen LogP contribution in [0.1, 0.15) is 31.7 Å². The quantitative estimate of drug-likeness (QED) is 0.610. The van der Waals surface area contributed by atoms with Gasteiger partial charge in [0.1, 0.15) is 5.69 Å². The molecule has 1 aromatic carbocycles. The van der Waals surface area contributed by atoms with Crippen LogP contribution in [0.4, 0.5) is 0 Å². The summed E-state index contributed by atoms with van der Waals surface area (Å²) in [4.78, 5) is 27.9. The van der Waals surface area contributed by atoms with Gasteiger partial charge in [-0.25, -0.2) is 9.78 Å². The van der Waals surface area contributed by atoms with Crippen molar-refractivity contribution in [3.8, 4) is 23.0 Å². The lowest BCUT2D eigenvalue weighted by Gasteiger charge is -2.10. The summed E-state index contributed by atoms with van der Waals surface area (Å²) in [7, 11) is 0. The van der Waals surface area contributed by atoms with Crippen molar-refractivity contribution in [2.75, 3.05) is 0 Å². The van der Waals surface area contributed by atoms with Gasteiger partial charge >= 0.3 is 5.69 Å². The topological polar surface area (TPSA) is 102 Å². The van der Waals surface area contributed by atoms with E-state index in [0.29, 0.717) is 17.4 Å². The molecule has 0 spiro atoms. The molecule has 1 aliphatic rings. The van der Waals surface area contributed by atoms with Crippen LogP contribution in [-0.4, -0.2) is 29.7 Å². The Morgan fingerprint density at radius 1 is 1.19 bits per heavy atom. The molecule has 0 amide bonds. The van der Waals surface area contributed by atoms with Gasteiger partial charge < -0.3 is 9.51 Å². The second-order valence-corrected chi connectivity index (χ2v) is 6.48. The zero-order valence-electron chi connectivity index (χ0n) is 13.9. The van der Waals surface area contributed by atoms with Gasteiger partial charge in [-0.1, -0.05) is 18.0 Å². The van der Waals surface area contributed by atoms with Crippen molar-refractivity contribution >= 4 is 11.0 Å². The average Bonchev–Trinajstić information content (AvgIpc) is 3.41. The highest BCUT2D eigenvalue weighted by atomic mass is 16.5. The van der Waals surface area contributed by atoms with Gasteiger partial charge in [-0.15, -0.1) is 0 Å². The van der Waals surface area contributed by atoms with Gasteiger partial charge in [-0.3, -0.25) is 9.55 Å². The summed E-state index contributed by atoms with van der Waals surface area (Å²) in [6.07, 6.45) is 9.21. The van der Waals surface area contributed by atoms with Gasteiger partial charge in [-0.05, 0) is 31.0 Å². The van der Waals surface area contributed by atoms with Crippen molar-refractivity contribution in [1.82, 2.24) is 29.7 Å². The molecule has 0 atom stereocenters. The Balaban J connectivity index is 1.55. The number of H-pyrrole nitrogens is 1. The first kappa shape index (κ1) is 15.0. The number of fused-ring (bicyclic) bond motifs is 1. The molecule has 0 radical (unpaired) electrons. The molecule has 3 heterocycles. The van der Waals surface area contributed by atoms with Crippen LogP contribution in [-0.2, 0) is 0 Å². The molecule has 0 bridgehead atoms. The summed E-state index contributed by atoms with van der Waals surface area (Å²) in [6.45, 7) is 0. The molecule has 26 heavy (non-hydrogen) atoms. The third-order valence-corrected chi connectivity index (χ3v) is 4.87. The van der Waals surface area contributed by atoms with Gasteiger partial charge in [0.15, 0.2) is 0 Å². The first-order chi connectivity index (χ1) is 12.8. The third kappa shape index (κ3) is 2.42. The van der Waals surface area contributed by atoms with Gasteiger partial charge in [0, 0.05) is 24.0 Å². The second-order valence-electron chi connectivity index (χ2n) is 6.48. The van der Waals surface area contributed by atoms with Gasteiger partial charge in [0.05, 0.1) is 17.2 Å². The van der Waals surface area contributed by atoms with Crippen LogP contribution >= 0.6 is 0 Å². The molecule has 5 rings (SSSR count). The van der Waals surface area contributed by atoms with Crippen molar-refractivity contribution in [2.24, 2.45) is 0 Å². The van der Waals surface area contributed by atoms with E-state index in [9.17, 15) is 4.79 Å². The number of aromatic nitrogens is 6. The minimum atomic E-state index is -0.0603. The largest absolute Gasteiger partial charge is 0.334 e. The van der Waals surface area contributed by atoms with Crippen molar-refractivity contribution in [3.63, 3.8) is 0 Å². The summed E-state index contributed by atoms with van der Waals surface area (Å²) < 4.78 is 7.24. The first-order valence-corrected chi connectivity index (χ1v) is 8.64. The molecule has 0 saturated heterocycles. The Morgan fingerprint density at radius 2 is 2.08 bits per heavy atom. The maximum atomic E-state index is 12.4. The summed E-state index contributed by atoms with van der Waals surface area (Å²) in [5.41, 5.74) is 2.93. The SMILES string of the molecule is O=c1[nH]c2cc(-c3nc(-c4cnccn4)no3)ccc2n1C1CCCC1. The number of hydrogen-bond donors (Lipinski definition) is 1. The summed E-state index contributed by atoms with van der Waals surface area (Å²) >= 11 is 0. The van der Waals surface area contributed by atoms with Crippen LogP contribution < -0.4 is 5.69 Å². The van der Waals surface area contributed by atoms with E-state index in [1.54, 1.807) is 18.6 Å². The minimum absolute atomic E-state index is 0.0603. The molecule has 1 saturated carbocycles. The lowest BCUT2D eigenvalue weighted by atomic mass is 10.2. The number of nitrogens with zero attached hydrogens (tertiary/aromatic N) is 5. The Kier molecular flexibility index (Phi) is 3.41. The third-order valence-electron chi connectivity index (χ3n) is 4.87. The molecule has 3 aromatic heterocycles. The zero-order chi connectivity index (χ0) is 17.5. The van der Waals surface area contributed by atoms with Crippen LogP contribution in [0.15, 0.2) is 46.1 Å². The number of imidazole rings is 1. The Morgan fingerprint density at radius 3 is 2.88 bits per heavy atom. The maximum Gasteiger partial charge on any atom is 0.326 e. The van der Waals surface area contributed by atoms with E-state index in [-0.39, 0.29) is 11.7 Å². The van der Waals surface area contributed by atoms with E-state index in [1.807, 2.05) is 22.8 Å². The Labute approximate surface area is 147 Å². The van der Waals surface area contributed by atoms with E-state index in [1.165, 1.54) is 12.8 Å². The van der Waals surface area contributed by atoms with Crippen LogP contribution in [0.2, 0.25) is 0 Å². The van der Waals surface area contributed by atoms with Crippen LogP contribution in [0.5, 0.6) is 0 Å². The molecule has 1 fully saturated rings. The van der Waals surface area contributed by atoms with E-state index >= 15 is 0 Å². The lowest BCUT2D eigenvalue weighted by molar-refractivity contribution is 0.432. The average molecular weight is 348 g/mol. The van der Waals surface area contributed by atoms with Crippen molar-refractivity contribution < 1.29 is 4.52 Å². The standard InChI is InChI=1S/C18H16N6O2/c25-18-21-13-9-11(5-6-15(13)24(18)12-3-1-2-4-12)17-22-16(23-26-17)14-10-19-7-8-20-14/h5-10,12H,1-4H2,(H,21,25). The van der Waals surface area contributed by atoms with Crippen molar-refractivity contribution in [2.45, 2.75) is 31.7 Å². The summed E-state index contributed by atoms with van der Waals surface area (Å²) in [5.74, 6) is 0.757. The normalized spacial score (nSPS) is 15.1. The number of aromatic amines is 1. The molecule has 8 heteroatoms. The first-order valence-electron chi connectivity index (χ1n) is 8.64. The molecule has 1 N–H and O–H groups in total. The Hall–Kier alpha value is -3.29. The minimum Gasteiger partial charge on any atom is -0.334 e. The van der Waals surface area contributed by atoms with E-state index in [2.05, 4.69) is 25.1 Å². The van der Waals surface area contributed by atoms with Crippen molar-refractivity contribution in [1.29, 1.82) is 0 Å². The predicted molar refractivity (Wildman–Crippen MR) is 94.4 cm³/mol. The van der Waals surface area contributed by atoms with Crippen LogP contribution in [0.3, 0.4) is 0 Å². The number of rotatable bonds is 3. The second kappa shape index (κ2) is 5.91. The van der Waals surface area contributed by atoms with E-state index < -0.39 is 0 Å². The molecule has 4 aromatic rings. The predicted octanol–water partition coefficient (Wildman–Crippen LogP) is 2.95. The highest BCUT2D eigenvalue weighted by Gasteiger charge is 2.21. The van der Waals surface area contributed by atoms with Crippen molar-refractivity contribution in [3.05, 3.63) is 47.3 Å². The Bertz CT molecular complexity index is 1120. The fourth-order valence-electron chi connectivity index (χ4n) is 3.65. The molecule has 130 valence electrons. The molecule has 1 aliphatic carbocycles. The smallest absolute Gasteiger partial charge is 0.326 e.